The van der Waals surface area contributed by atoms with Crippen LogP contribution in [0.5, 0.6) is 0 Å². The number of thiazole rings is 1. The molecule has 5 heteroatoms. The van der Waals surface area contributed by atoms with Crippen molar-refractivity contribution in [1.29, 1.82) is 0 Å². The van der Waals surface area contributed by atoms with Crippen molar-refractivity contribution in [3.05, 3.63) is 40.9 Å². The largest absolute Gasteiger partial charge is 0.352 e. The molecule has 3 rings (SSSR count). The Morgan fingerprint density at radius 3 is 2.71 bits per heavy atom. The number of alkyl halides is 1. The minimum Gasteiger partial charge on any atom is -0.352 e. The number of amides is 1. The molecule has 0 spiro atoms. The van der Waals surface area contributed by atoms with Crippen molar-refractivity contribution < 1.29 is 4.79 Å². The SMILES string of the molecule is O=C(NCCC1CC1)c1ccc(-c2nc(CCl)cs2)cc1. The molecule has 0 aliphatic heterocycles. The number of nitrogens with one attached hydrogen (secondary N) is 1. The van der Waals surface area contributed by atoms with Crippen LogP contribution in [0.25, 0.3) is 10.6 Å². The van der Waals surface area contributed by atoms with E-state index >= 15 is 0 Å². The van der Waals surface area contributed by atoms with Crippen LogP contribution in [0.3, 0.4) is 0 Å². The highest BCUT2D eigenvalue weighted by atomic mass is 35.5. The van der Waals surface area contributed by atoms with Gasteiger partial charge in [-0.25, -0.2) is 4.98 Å². The summed E-state index contributed by atoms with van der Waals surface area (Å²) in [6.07, 6.45) is 3.75. The Morgan fingerprint density at radius 1 is 1.33 bits per heavy atom. The van der Waals surface area contributed by atoms with E-state index in [-0.39, 0.29) is 5.91 Å². The summed E-state index contributed by atoms with van der Waals surface area (Å²) >= 11 is 7.33. The van der Waals surface area contributed by atoms with Gasteiger partial charge in [0.2, 0.25) is 0 Å². The molecule has 1 N–H and O–H groups in total. The normalized spacial score (nSPS) is 14.1. The molecule has 1 amide bonds. The van der Waals surface area contributed by atoms with Crippen LogP contribution in [0, 0.1) is 5.92 Å². The van der Waals surface area contributed by atoms with Crippen molar-refractivity contribution in [1.82, 2.24) is 10.3 Å². The molecule has 0 radical (unpaired) electrons. The average Bonchev–Trinajstić information content (AvgIpc) is 3.21. The Labute approximate surface area is 133 Å². The highest BCUT2D eigenvalue weighted by Gasteiger charge is 2.20. The first-order chi connectivity index (χ1) is 10.3. The number of hydrogen-bond acceptors (Lipinski definition) is 3. The van der Waals surface area contributed by atoms with E-state index in [1.165, 1.54) is 12.8 Å². The van der Waals surface area contributed by atoms with E-state index in [0.29, 0.717) is 11.4 Å². The van der Waals surface area contributed by atoms with Crippen LogP contribution in [0.2, 0.25) is 0 Å². The van der Waals surface area contributed by atoms with E-state index in [0.717, 1.165) is 35.1 Å². The fourth-order valence-corrected chi connectivity index (χ4v) is 3.22. The number of carbonyl (C=O) groups is 1. The van der Waals surface area contributed by atoms with E-state index in [4.69, 9.17) is 11.6 Å². The monoisotopic (exact) mass is 320 g/mol. The number of hydrogen-bond donors (Lipinski definition) is 1. The second-order valence-electron chi connectivity index (χ2n) is 5.34. The minimum atomic E-state index is 0.00258. The van der Waals surface area contributed by atoms with Crippen LogP contribution in [0.1, 0.15) is 35.3 Å². The summed E-state index contributed by atoms with van der Waals surface area (Å²) in [5.41, 5.74) is 2.60. The molecule has 3 nitrogen and oxygen atoms in total. The summed E-state index contributed by atoms with van der Waals surface area (Å²) in [7, 11) is 0. The predicted molar refractivity (Wildman–Crippen MR) is 86.8 cm³/mol. The first-order valence-corrected chi connectivity index (χ1v) is 8.56. The van der Waals surface area contributed by atoms with Gasteiger partial charge in [0, 0.05) is 23.1 Å². The zero-order valence-corrected chi connectivity index (χ0v) is 13.2. The third-order valence-corrected chi connectivity index (χ3v) is 4.83. The van der Waals surface area contributed by atoms with E-state index < -0.39 is 0 Å². The summed E-state index contributed by atoms with van der Waals surface area (Å²) in [6.45, 7) is 0.775. The summed E-state index contributed by atoms with van der Waals surface area (Å²) in [4.78, 5) is 16.4. The highest BCUT2D eigenvalue weighted by Crippen LogP contribution is 2.31. The standard InChI is InChI=1S/C16H17ClN2OS/c17-9-14-10-21-16(19-14)13-5-3-12(4-6-13)15(20)18-8-7-11-1-2-11/h3-6,10-11H,1-2,7-9H2,(H,18,20). The molecule has 1 saturated carbocycles. The topological polar surface area (TPSA) is 42.0 Å². The second-order valence-corrected chi connectivity index (χ2v) is 6.47. The first kappa shape index (κ1) is 14.5. The van der Waals surface area contributed by atoms with Crippen LogP contribution in [-0.2, 0) is 5.88 Å². The molecule has 1 aliphatic carbocycles. The fraction of sp³-hybridized carbons (Fsp3) is 0.375. The van der Waals surface area contributed by atoms with Gasteiger partial charge in [0.15, 0.2) is 0 Å². The molecular formula is C16H17ClN2OS. The molecule has 0 atom stereocenters. The smallest absolute Gasteiger partial charge is 0.251 e. The summed E-state index contributed by atoms with van der Waals surface area (Å²) < 4.78 is 0. The second kappa shape index (κ2) is 6.58. The van der Waals surface area contributed by atoms with Crippen LogP contribution >= 0.6 is 22.9 Å². The maximum absolute atomic E-state index is 12.0. The quantitative estimate of drug-likeness (QED) is 0.815. The van der Waals surface area contributed by atoms with Gasteiger partial charge >= 0.3 is 0 Å². The minimum absolute atomic E-state index is 0.00258. The van der Waals surface area contributed by atoms with Crippen LogP contribution in [0.15, 0.2) is 29.6 Å². The van der Waals surface area contributed by atoms with Gasteiger partial charge in [-0.3, -0.25) is 4.79 Å². The van der Waals surface area contributed by atoms with Crippen molar-refractivity contribution in [2.45, 2.75) is 25.1 Å². The molecule has 110 valence electrons. The van der Waals surface area contributed by atoms with Crippen LogP contribution in [-0.4, -0.2) is 17.4 Å². The maximum Gasteiger partial charge on any atom is 0.251 e. The first-order valence-electron chi connectivity index (χ1n) is 7.15. The molecule has 21 heavy (non-hydrogen) atoms. The zero-order valence-electron chi connectivity index (χ0n) is 11.6. The Hall–Kier alpha value is -1.39. The van der Waals surface area contributed by atoms with Crippen molar-refractivity contribution in [3.8, 4) is 10.6 Å². The Kier molecular flexibility index (Phi) is 4.56. The summed E-state index contributed by atoms with van der Waals surface area (Å²) in [5.74, 6) is 1.27. The third-order valence-electron chi connectivity index (χ3n) is 3.62. The molecular weight excluding hydrogens is 304 g/mol. The molecule has 0 unspecified atom stereocenters. The molecule has 1 aromatic carbocycles. The van der Waals surface area contributed by atoms with Crippen LogP contribution in [0.4, 0.5) is 0 Å². The van der Waals surface area contributed by atoms with Gasteiger partial charge in [-0.05, 0) is 24.5 Å². The molecule has 1 heterocycles. The van der Waals surface area contributed by atoms with Crippen LogP contribution < -0.4 is 5.32 Å². The fourth-order valence-electron chi connectivity index (χ4n) is 2.16. The number of rotatable bonds is 6. The molecule has 1 aliphatic rings. The number of nitrogens with zero attached hydrogens (tertiary/aromatic N) is 1. The van der Waals surface area contributed by atoms with Crippen molar-refractivity contribution in [2.75, 3.05) is 6.54 Å². The third kappa shape index (κ3) is 3.83. The number of benzene rings is 1. The lowest BCUT2D eigenvalue weighted by Crippen LogP contribution is -2.24. The maximum atomic E-state index is 12.0. The molecule has 0 saturated heterocycles. The predicted octanol–water partition coefficient (Wildman–Crippen LogP) is 4.08. The Balaban J connectivity index is 1.61. The van der Waals surface area contributed by atoms with Crippen molar-refractivity contribution in [2.24, 2.45) is 5.92 Å². The van der Waals surface area contributed by atoms with E-state index in [1.807, 2.05) is 29.6 Å². The Morgan fingerprint density at radius 2 is 2.10 bits per heavy atom. The lowest BCUT2D eigenvalue weighted by Gasteiger charge is -2.05. The van der Waals surface area contributed by atoms with E-state index in [9.17, 15) is 4.79 Å². The van der Waals surface area contributed by atoms with Gasteiger partial charge in [0.05, 0.1) is 11.6 Å². The van der Waals surface area contributed by atoms with Gasteiger partial charge in [-0.2, -0.15) is 0 Å². The molecule has 1 fully saturated rings. The lowest BCUT2D eigenvalue weighted by atomic mass is 10.1. The van der Waals surface area contributed by atoms with Gasteiger partial charge < -0.3 is 5.32 Å². The molecule has 1 aromatic heterocycles. The Bertz CT molecular complexity index is 619. The van der Waals surface area contributed by atoms with Gasteiger partial charge in [-0.15, -0.1) is 22.9 Å². The van der Waals surface area contributed by atoms with E-state index in [1.54, 1.807) is 11.3 Å². The average molecular weight is 321 g/mol. The zero-order chi connectivity index (χ0) is 14.7. The highest BCUT2D eigenvalue weighted by molar-refractivity contribution is 7.13. The lowest BCUT2D eigenvalue weighted by molar-refractivity contribution is 0.0952. The molecule has 0 bridgehead atoms. The van der Waals surface area contributed by atoms with Gasteiger partial charge in [0.25, 0.3) is 5.91 Å². The van der Waals surface area contributed by atoms with Gasteiger partial charge in [0.1, 0.15) is 5.01 Å². The molecule has 2 aromatic rings. The number of aromatic nitrogens is 1. The summed E-state index contributed by atoms with van der Waals surface area (Å²) in [6, 6.07) is 7.58. The van der Waals surface area contributed by atoms with Crippen molar-refractivity contribution in [3.63, 3.8) is 0 Å². The van der Waals surface area contributed by atoms with E-state index in [2.05, 4.69) is 10.3 Å². The summed E-state index contributed by atoms with van der Waals surface area (Å²) in [5, 5.41) is 5.87. The van der Waals surface area contributed by atoms with Gasteiger partial charge in [-0.1, -0.05) is 25.0 Å². The van der Waals surface area contributed by atoms with Crippen molar-refractivity contribution >= 4 is 28.8 Å². The number of carbonyl (C=O) groups excluding carboxylic acids is 1. The number of halogens is 1.